The Bertz CT molecular complexity index is 1780. The van der Waals surface area contributed by atoms with Crippen LogP contribution in [0.25, 0.3) is 10.8 Å². The van der Waals surface area contributed by atoms with Crippen LogP contribution < -0.4 is 9.47 Å². The Balaban J connectivity index is 1.15. The fourth-order valence-electron chi connectivity index (χ4n) is 9.03. The number of rotatable bonds is 7. The van der Waals surface area contributed by atoms with E-state index in [1.165, 1.54) is 12.8 Å². The van der Waals surface area contributed by atoms with Gasteiger partial charge in [-0.15, -0.1) is 0 Å². The molecule has 2 saturated carbocycles. The summed E-state index contributed by atoms with van der Waals surface area (Å²) in [5.74, 6) is 0.0354. The number of Topliss-reactive ketones (excluding diaryl/α,β-unsaturated/α-hetero) is 1. The van der Waals surface area contributed by atoms with Crippen molar-refractivity contribution < 1.29 is 34.1 Å². The number of fused-ring (bicyclic) bond motifs is 1. The number of carbonyl (C=O) groups is 3. The van der Waals surface area contributed by atoms with Crippen LogP contribution in [0.4, 0.5) is 0 Å². The normalized spacial score (nSPS) is 28.5. The lowest BCUT2D eigenvalue weighted by molar-refractivity contribution is -0.188. The van der Waals surface area contributed by atoms with E-state index in [1.807, 2.05) is 44.2 Å². The number of ketones is 1. The number of aryl methyl sites for hydroxylation is 2. The monoisotopic (exact) mass is 595 g/mol. The van der Waals surface area contributed by atoms with Gasteiger partial charge in [0.1, 0.15) is 0 Å². The first-order valence-corrected chi connectivity index (χ1v) is 15.8. The molecule has 2 N–H and O–H groups in total. The van der Waals surface area contributed by atoms with Crippen LogP contribution in [-0.2, 0) is 39.1 Å². The molecule has 1 saturated heterocycles. The van der Waals surface area contributed by atoms with Gasteiger partial charge in [0.2, 0.25) is 0 Å². The predicted octanol–water partition coefficient (Wildman–Crippen LogP) is 4.37. The second kappa shape index (κ2) is 9.62. The van der Waals surface area contributed by atoms with Gasteiger partial charge in [-0.2, -0.15) is 0 Å². The summed E-state index contributed by atoms with van der Waals surface area (Å²) in [7, 11) is 0. The van der Waals surface area contributed by atoms with Crippen LogP contribution >= 0.6 is 0 Å². The molecule has 228 valence electrons. The fraction of sp³-hybridized carbons (Fsp3) is 0.472. The molecule has 8 heteroatoms. The van der Waals surface area contributed by atoms with E-state index in [0.717, 1.165) is 51.7 Å². The average Bonchev–Trinajstić information content (AvgIpc) is 3.70. The van der Waals surface area contributed by atoms with Crippen molar-refractivity contribution in [2.75, 3.05) is 13.1 Å². The highest BCUT2D eigenvalue weighted by molar-refractivity contribution is 5.95. The number of carboxylic acid groups (broad SMARTS) is 1. The highest BCUT2D eigenvalue weighted by Gasteiger charge is 2.73. The quantitative estimate of drug-likeness (QED) is 0.306. The third-order valence-electron chi connectivity index (χ3n) is 11.0. The minimum atomic E-state index is -1.08. The smallest absolute Gasteiger partial charge is 0.315 e. The maximum Gasteiger partial charge on any atom is 0.315 e. The third kappa shape index (κ3) is 4.00. The molecule has 3 aliphatic carbocycles. The van der Waals surface area contributed by atoms with Crippen LogP contribution in [0.2, 0.25) is 0 Å². The van der Waals surface area contributed by atoms with Crippen LogP contribution in [-0.4, -0.2) is 63.7 Å². The number of benzene rings is 3. The third-order valence-corrected chi connectivity index (χ3v) is 11.0. The number of ether oxygens (including phenoxy) is 2. The number of carbonyl (C=O) groups excluding carboxylic acids is 2. The molecular formula is C36H37NO7. The maximum absolute atomic E-state index is 13.6. The molecule has 3 fully saturated rings. The number of piperidine rings is 1. The van der Waals surface area contributed by atoms with Crippen molar-refractivity contribution >= 4 is 28.5 Å². The predicted molar refractivity (Wildman–Crippen MR) is 162 cm³/mol. The van der Waals surface area contributed by atoms with E-state index in [1.54, 1.807) is 6.07 Å². The number of hydrogen-bond acceptors (Lipinski definition) is 7. The lowest BCUT2D eigenvalue weighted by atomic mass is 9.49. The van der Waals surface area contributed by atoms with Crippen molar-refractivity contribution in [3.63, 3.8) is 0 Å². The molecule has 2 aliphatic heterocycles. The molecule has 4 atom stereocenters. The molecule has 0 unspecified atom stereocenters. The SMILES string of the molecule is Cc1cc(CC(=O)Oc2ccc3c4c2O[C@H]2C(=O)CC[C@@]5(O)[C@@H](C3)N(CC3CC3)CC[C@]425)c2cc(C)cc(CC(=O)O)c2c1. The summed E-state index contributed by atoms with van der Waals surface area (Å²) in [5.41, 5.74) is 3.34. The zero-order valence-electron chi connectivity index (χ0n) is 25.2. The number of aliphatic carboxylic acids is 1. The molecule has 3 aromatic rings. The maximum atomic E-state index is 13.6. The minimum absolute atomic E-state index is 0.00385. The molecule has 0 amide bonds. The molecule has 0 radical (unpaired) electrons. The zero-order chi connectivity index (χ0) is 30.5. The Morgan fingerprint density at radius 1 is 1.02 bits per heavy atom. The van der Waals surface area contributed by atoms with Crippen molar-refractivity contribution in [1.29, 1.82) is 0 Å². The van der Waals surface area contributed by atoms with Gasteiger partial charge in [0.15, 0.2) is 23.4 Å². The topological polar surface area (TPSA) is 113 Å². The molecule has 8 rings (SSSR count). The summed E-state index contributed by atoms with van der Waals surface area (Å²) in [4.78, 5) is 41.0. The number of hydrogen-bond donors (Lipinski definition) is 2. The van der Waals surface area contributed by atoms with E-state index < -0.39 is 29.1 Å². The summed E-state index contributed by atoms with van der Waals surface area (Å²) in [5, 5.41) is 23.6. The summed E-state index contributed by atoms with van der Waals surface area (Å²) in [6.07, 6.45) is 3.60. The number of likely N-dealkylation sites (tertiary alicyclic amines) is 1. The van der Waals surface area contributed by atoms with Crippen molar-refractivity contribution in [2.24, 2.45) is 5.92 Å². The van der Waals surface area contributed by atoms with E-state index in [9.17, 15) is 24.6 Å². The van der Waals surface area contributed by atoms with Crippen LogP contribution in [0.3, 0.4) is 0 Å². The summed E-state index contributed by atoms with van der Waals surface area (Å²) in [6.45, 7) is 5.65. The lowest BCUT2D eigenvalue weighted by Gasteiger charge is -2.62. The molecular weight excluding hydrogens is 558 g/mol. The Morgan fingerprint density at radius 2 is 1.73 bits per heavy atom. The van der Waals surface area contributed by atoms with Crippen LogP contribution in [0, 0.1) is 19.8 Å². The Hall–Kier alpha value is -3.75. The largest absolute Gasteiger partial charge is 0.481 e. The first-order valence-electron chi connectivity index (χ1n) is 15.8. The highest BCUT2D eigenvalue weighted by atomic mass is 16.6. The molecule has 0 aromatic heterocycles. The van der Waals surface area contributed by atoms with E-state index in [0.29, 0.717) is 36.5 Å². The van der Waals surface area contributed by atoms with Gasteiger partial charge in [-0.25, -0.2) is 0 Å². The van der Waals surface area contributed by atoms with Crippen LogP contribution in [0.15, 0.2) is 36.4 Å². The minimum Gasteiger partial charge on any atom is -0.481 e. The number of carboxylic acids is 1. The Labute approximate surface area is 255 Å². The lowest BCUT2D eigenvalue weighted by Crippen LogP contribution is -2.76. The van der Waals surface area contributed by atoms with Crippen molar-refractivity contribution in [1.82, 2.24) is 4.90 Å². The van der Waals surface area contributed by atoms with Gasteiger partial charge < -0.3 is 19.7 Å². The molecule has 1 spiro atoms. The second-order valence-electron chi connectivity index (χ2n) is 13.9. The molecule has 44 heavy (non-hydrogen) atoms. The average molecular weight is 596 g/mol. The fourth-order valence-corrected chi connectivity index (χ4v) is 9.03. The van der Waals surface area contributed by atoms with Gasteiger partial charge in [-0.1, -0.05) is 41.5 Å². The van der Waals surface area contributed by atoms with Gasteiger partial charge in [0.05, 0.1) is 23.9 Å². The van der Waals surface area contributed by atoms with Crippen LogP contribution in [0.5, 0.6) is 11.5 Å². The molecule has 2 bridgehead atoms. The van der Waals surface area contributed by atoms with E-state index in [2.05, 4.69) is 4.90 Å². The number of esters is 1. The van der Waals surface area contributed by atoms with Crippen molar-refractivity contribution in [2.45, 2.75) is 88.4 Å². The van der Waals surface area contributed by atoms with Gasteiger partial charge >= 0.3 is 11.9 Å². The first kappa shape index (κ1) is 27.8. The van der Waals surface area contributed by atoms with Gasteiger partial charge in [-0.05, 0) is 91.9 Å². The van der Waals surface area contributed by atoms with Crippen LogP contribution in [0.1, 0.15) is 65.5 Å². The van der Waals surface area contributed by atoms with Crippen molar-refractivity contribution in [3.05, 3.63) is 69.8 Å². The van der Waals surface area contributed by atoms with Crippen molar-refractivity contribution in [3.8, 4) is 11.5 Å². The number of aliphatic hydroxyl groups is 1. The Morgan fingerprint density at radius 3 is 2.41 bits per heavy atom. The summed E-state index contributed by atoms with van der Waals surface area (Å²) in [6, 6.07) is 11.5. The van der Waals surface area contributed by atoms with E-state index in [-0.39, 0.29) is 36.8 Å². The first-order chi connectivity index (χ1) is 21.1. The van der Waals surface area contributed by atoms with Gasteiger partial charge in [-0.3, -0.25) is 19.3 Å². The highest BCUT2D eigenvalue weighted by Crippen LogP contribution is 2.65. The number of nitrogens with zero attached hydrogens (tertiary/aromatic N) is 1. The van der Waals surface area contributed by atoms with E-state index in [4.69, 9.17) is 9.47 Å². The second-order valence-corrected chi connectivity index (χ2v) is 13.9. The molecule has 2 heterocycles. The zero-order valence-corrected chi connectivity index (χ0v) is 25.2. The molecule has 8 nitrogen and oxygen atoms in total. The van der Waals surface area contributed by atoms with Gasteiger partial charge in [0, 0.05) is 24.6 Å². The molecule has 5 aliphatic rings. The molecule has 3 aromatic carbocycles. The summed E-state index contributed by atoms with van der Waals surface area (Å²) >= 11 is 0. The summed E-state index contributed by atoms with van der Waals surface area (Å²) < 4.78 is 12.5. The Kier molecular flexibility index (Phi) is 6.07. The van der Waals surface area contributed by atoms with E-state index >= 15 is 0 Å². The van der Waals surface area contributed by atoms with Gasteiger partial charge in [0.25, 0.3) is 0 Å². The standard InChI is InChI=1S/C36H37NO7/c1-19-11-23(16-30(39)40)25-13-20(2)12-24(26(25)14-19)17-31(41)43-28-6-5-22-15-29-36(42)8-7-27(38)34-35(36,32(22)33(28)44-34)9-10-37(29)18-21-3-4-21/h5-6,11-14,21,29,34,42H,3-4,7-10,15-18H2,1-2H3,(H,39,40)/t29-,34+,35+,36-/m1/s1.